The third-order valence-electron chi connectivity index (χ3n) is 8.02. The van der Waals surface area contributed by atoms with Gasteiger partial charge in [-0.15, -0.1) is 11.3 Å². The van der Waals surface area contributed by atoms with Gasteiger partial charge in [0.1, 0.15) is 5.00 Å². The molecular weight excluding hydrogens is 374 g/mol. The van der Waals surface area contributed by atoms with E-state index in [-0.39, 0.29) is 29.5 Å². The molecule has 0 aromatic carbocycles. The van der Waals surface area contributed by atoms with Gasteiger partial charge in [0.05, 0.1) is 29.8 Å². The van der Waals surface area contributed by atoms with E-state index in [1.165, 1.54) is 19.3 Å². The Labute approximate surface area is 169 Å². The zero-order valence-electron chi connectivity index (χ0n) is 16.3. The zero-order valence-corrected chi connectivity index (χ0v) is 17.1. The van der Waals surface area contributed by atoms with Crippen LogP contribution in [0.2, 0.25) is 0 Å². The predicted octanol–water partition coefficient (Wildman–Crippen LogP) is 4.47. The first-order valence-corrected chi connectivity index (χ1v) is 11.7. The Kier molecular flexibility index (Phi) is 3.77. The molecule has 1 saturated heterocycles. The fourth-order valence-electron chi connectivity index (χ4n) is 7.12. The van der Waals surface area contributed by atoms with Crippen molar-refractivity contribution in [3.63, 3.8) is 0 Å². The summed E-state index contributed by atoms with van der Waals surface area (Å²) in [4.78, 5) is 27.4. The summed E-state index contributed by atoms with van der Waals surface area (Å²) in [6.45, 7) is 2.17. The Morgan fingerprint density at radius 2 is 2.00 bits per heavy atom. The highest BCUT2D eigenvalue weighted by molar-refractivity contribution is 7.17. The molecule has 1 amide bonds. The summed E-state index contributed by atoms with van der Waals surface area (Å²) in [6.07, 6.45) is 8.89. The Bertz CT molecular complexity index is 847. The number of amides is 1. The van der Waals surface area contributed by atoms with Crippen LogP contribution in [0.15, 0.2) is 0 Å². The molecule has 150 valence electrons. The summed E-state index contributed by atoms with van der Waals surface area (Å²) >= 11 is 1.55. The summed E-state index contributed by atoms with van der Waals surface area (Å²) in [5, 5.41) is 3.93. The summed E-state index contributed by atoms with van der Waals surface area (Å²) in [5.41, 5.74) is 1.47. The Morgan fingerprint density at radius 1 is 1.21 bits per heavy atom. The number of hydrogen-bond acceptors (Lipinski definition) is 5. The molecule has 0 radical (unpaired) electrons. The van der Waals surface area contributed by atoms with Gasteiger partial charge in [0, 0.05) is 11.3 Å². The van der Waals surface area contributed by atoms with E-state index in [2.05, 4.69) is 5.32 Å². The number of hydrogen-bond donors (Lipinski definition) is 1. The minimum Gasteiger partial charge on any atom is -0.462 e. The van der Waals surface area contributed by atoms with Crippen molar-refractivity contribution in [2.75, 3.05) is 11.9 Å². The van der Waals surface area contributed by atoms with E-state index >= 15 is 0 Å². The van der Waals surface area contributed by atoms with E-state index in [9.17, 15) is 9.59 Å². The van der Waals surface area contributed by atoms with E-state index < -0.39 is 0 Å². The van der Waals surface area contributed by atoms with Gasteiger partial charge in [-0.3, -0.25) is 4.79 Å². The average molecular weight is 402 g/mol. The zero-order chi connectivity index (χ0) is 19.0. The average Bonchev–Trinajstić information content (AvgIpc) is 3.35. The van der Waals surface area contributed by atoms with Gasteiger partial charge in [-0.05, 0) is 75.2 Å². The molecule has 6 heteroatoms. The Balaban J connectivity index is 1.35. The standard InChI is InChI=1S/C22H27NO4S/c1-2-26-20(24)17-15-8-14-3-4-16(27-14)18(15)28-19(17)23-21(25)22-9-11-5-12(10-22)7-13(22)6-11/h11-14,16H,2-10H2,1H3,(H,23,25). The van der Waals surface area contributed by atoms with Crippen LogP contribution in [-0.2, 0) is 20.7 Å². The van der Waals surface area contributed by atoms with Crippen LogP contribution in [0.25, 0.3) is 0 Å². The molecule has 6 aliphatic rings. The van der Waals surface area contributed by atoms with Gasteiger partial charge in [-0.1, -0.05) is 0 Å². The minimum atomic E-state index is -0.300. The molecule has 3 heterocycles. The van der Waals surface area contributed by atoms with Crippen molar-refractivity contribution in [1.29, 1.82) is 0 Å². The highest BCUT2D eigenvalue weighted by atomic mass is 32.1. The largest absolute Gasteiger partial charge is 0.462 e. The number of thiophene rings is 1. The smallest absolute Gasteiger partial charge is 0.341 e. The first-order chi connectivity index (χ1) is 13.6. The van der Waals surface area contributed by atoms with Gasteiger partial charge in [0.2, 0.25) is 5.91 Å². The van der Waals surface area contributed by atoms with Crippen LogP contribution < -0.4 is 5.32 Å². The summed E-state index contributed by atoms with van der Waals surface area (Å²) in [6, 6.07) is 0. The van der Waals surface area contributed by atoms with Crippen molar-refractivity contribution < 1.29 is 19.1 Å². The Morgan fingerprint density at radius 3 is 2.75 bits per heavy atom. The molecule has 28 heavy (non-hydrogen) atoms. The minimum absolute atomic E-state index is 0.0779. The van der Waals surface area contributed by atoms with Crippen LogP contribution >= 0.6 is 11.3 Å². The lowest BCUT2D eigenvalue weighted by Gasteiger charge is -2.31. The van der Waals surface area contributed by atoms with Crippen LogP contribution in [0.1, 0.15) is 78.8 Å². The van der Waals surface area contributed by atoms with E-state index in [1.54, 1.807) is 11.3 Å². The number of esters is 1. The molecule has 4 saturated carbocycles. The fourth-order valence-corrected chi connectivity index (χ4v) is 8.41. The topological polar surface area (TPSA) is 64.6 Å². The predicted molar refractivity (Wildman–Crippen MR) is 105 cm³/mol. The van der Waals surface area contributed by atoms with Gasteiger partial charge < -0.3 is 14.8 Å². The van der Waals surface area contributed by atoms with E-state index in [0.29, 0.717) is 23.1 Å². The lowest BCUT2D eigenvalue weighted by molar-refractivity contribution is -0.127. The first-order valence-electron chi connectivity index (χ1n) is 10.9. The number of fused-ring (bicyclic) bond motifs is 4. The molecule has 4 atom stereocenters. The fraction of sp³-hybridized carbons (Fsp3) is 0.727. The second kappa shape index (κ2) is 6.05. The van der Waals surface area contributed by atoms with Crippen LogP contribution in [0.4, 0.5) is 5.00 Å². The summed E-state index contributed by atoms with van der Waals surface area (Å²) in [7, 11) is 0. The molecule has 1 aromatic heterocycles. The summed E-state index contributed by atoms with van der Waals surface area (Å²) in [5.74, 6) is 1.85. The van der Waals surface area contributed by atoms with Crippen molar-refractivity contribution in [2.45, 2.75) is 70.5 Å². The highest BCUT2D eigenvalue weighted by Gasteiger charge is 2.61. The Hall–Kier alpha value is -1.40. The van der Waals surface area contributed by atoms with Gasteiger partial charge in [0.25, 0.3) is 0 Å². The lowest BCUT2D eigenvalue weighted by Crippen LogP contribution is -2.37. The maximum Gasteiger partial charge on any atom is 0.341 e. The van der Waals surface area contributed by atoms with Crippen molar-refractivity contribution in [2.24, 2.45) is 23.2 Å². The van der Waals surface area contributed by atoms with E-state index in [0.717, 1.165) is 54.4 Å². The lowest BCUT2D eigenvalue weighted by atomic mass is 9.75. The first kappa shape index (κ1) is 17.5. The second-order valence-electron chi connectivity index (χ2n) is 9.55. The van der Waals surface area contributed by atoms with Crippen molar-refractivity contribution in [1.82, 2.24) is 0 Å². The number of rotatable bonds is 4. The van der Waals surface area contributed by atoms with Crippen LogP contribution in [-0.4, -0.2) is 24.6 Å². The van der Waals surface area contributed by atoms with Crippen LogP contribution in [0, 0.1) is 23.2 Å². The quantitative estimate of drug-likeness (QED) is 0.756. The molecule has 1 N–H and O–H groups in total. The molecular formula is C22H27NO4S. The number of carbonyl (C=O) groups is 2. The normalized spacial score (nSPS) is 39.2. The molecule has 5 fully saturated rings. The third kappa shape index (κ3) is 2.34. The number of carbonyl (C=O) groups excluding carboxylic acids is 2. The van der Waals surface area contributed by atoms with Gasteiger partial charge >= 0.3 is 5.97 Å². The molecule has 0 spiro atoms. The van der Waals surface area contributed by atoms with Gasteiger partial charge in [-0.2, -0.15) is 0 Å². The highest BCUT2D eigenvalue weighted by Crippen LogP contribution is 2.65. The molecule has 4 aliphatic carbocycles. The molecule has 1 aromatic rings. The number of ether oxygens (including phenoxy) is 2. The van der Waals surface area contributed by atoms with E-state index in [1.807, 2.05) is 6.92 Å². The van der Waals surface area contributed by atoms with Gasteiger partial charge in [0.15, 0.2) is 0 Å². The van der Waals surface area contributed by atoms with Crippen LogP contribution in [0.3, 0.4) is 0 Å². The monoisotopic (exact) mass is 401 g/mol. The second-order valence-corrected chi connectivity index (χ2v) is 10.6. The molecule has 2 aliphatic heterocycles. The maximum absolute atomic E-state index is 13.5. The number of anilines is 1. The van der Waals surface area contributed by atoms with Crippen LogP contribution in [0.5, 0.6) is 0 Å². The molecule has 6 bridgehead atoms. The van der Waals surface area contributed by atoms with Crippen molar-refractivity contribution >= 4 is 28.2 Å². The summed E-state index contributed by atoms with van der Waals surface area (Å²) < 4.78 is 11.4. The number of nitrogens with one attached hydrogen (secondary N) is 1. The molecule has 4 unspecified atom stereocenters. The van der Waals surface area contributed by atoms with Crippen molar-refractivity contribution in [3.05, 3.63) is 16.0 Å². The maximum atomic E-state index is 13.5. The van der Waals surface area contributed by atoms with E-state index in [4.69, 9.17) is 9.47 Å². The molecule has 5 nitrogen and oxygen atoms in total. The van der Waals surface area contributed by atoms with Crippen molar-refractivity contribution in [3.8, 4) is 0 Å². The SMILES string of the molecule is CCOC(=O)c1c(NC(=O)C23CC4CC(CC2C4)C3)sc2c1CC1CCC2O1. The third-order valence-corrected chi connectivity index (χ3v) is 9.26. The van der Waals surface area contributed by atoms with Gasteiger partial charge in [-0.25, -0.2) is 4.79 Å². The molecule has 7 rings (SSSR count).